The highest BCUT2D eigenvalue weighted by molar-refractivity contribution is 6.03. The molecule has 17 heavy (non-hydrogen) atoms. The van der Waals surface area contributed by atoms with Crippen molar-refractivity contribution in [3.63, 3.8) is 0 Å². The van der Waals surface area contributed by atoms with Gasteiger partial charge in [0.1, 0.15) is 5.75 Å². The van der Waals surface area contributed by atoms with Crippen molar-refractivity contribution in [2.45, 2.75) is 43.7 Å². The Morgan fingerprint density at radius 1 is 1.35 bits per heavy atom. The van der Waals surface area contributed by atoms with Crippen LogP contribution in [-0.2, 0) is 0 Å². The van der Waals surface area contributed by atoms with Gasteiger partial charge in [0.15, 0.2) is 5.78 Å². The summed E-state index contributed by atoms with van der Waals surface area (Å²) in [5, 5.41) is 0. The molecule has 0 atom stereocenters. The lowest BCUT2D eigenvalue weighted by atomic mass is 9.73. The minimum absolute atomic E-state index is 0.0602. The first kappa shape index (κ1) is 10.8. The molecule has 0 bridgehead atoms. The second-order valence-corrected chi connectivity index (χ2v) is 5.18. The molecular weight excluding hydrogens is 214 g/mol. The van der Waals surface area contributed by atoms with E-state index in [1.807, 2.05) is 24.3 Å². The van der Waals surface area contributed by atoms with E-state index in [2.05, 4.69) is 0 Å². The highest BCUT2D eigenvalue weighted by atomic mass is 16.5. The molecule has 0 radical (unpaired) electrons. The number of carbonyl (C=O) groups is 1. The topological polar surface area (TPSA) is 52.3 Å². The summed E-state index contributed by atoms with van der Waals surface area (Å²) in [5.41, 5.74) is 6.12. The number of hydrogen-bond donors (Lipinski definition) is 1. The third-order valence-electron chi connectivity index (χ3n) is 3.62. The molecule has 2 fully saturated rings. The molecule has 1 aromatic rings. The number of carbonyl (C=O) groups excluding carboxylic acids is 1. The summed E-state index contributed by atoms with van der Waals surface area (Å²) in [7, 11) is 0. The van der Waals surface area contributed by atoms with Crippen LogP contribution in [0.3, 0.4) is 0 Å². The van der Waals surface area contributed by atoms with Crippen molar-refractivity contribution in [2.24, 2.45) is 5.73 Å². The van der Waals surface area contributed by atoms with Crippen LogP contribution >= 0.6 is 0 Å². The van der Waals surface area contributed by atoms with Gasteiger partial charge in [0, 0.05) is 5.56 Å². The van der Waals surface area contributed by atoms with Gasteiger partial charge < -0.3 is 10.5 Å². The van der Waals surface area contributed by atoms with Crippen LogP contribution in [0.2, 0.25) is 0 Å². The molecule has 2 aliphatic rings. The van der Waals surface area contributed by atoms with E-state index >= 15 is 0 Å². The zero-order valence-electron chi connectivity index (χ0n) is 9.82. The summed E-state index contributed by atoms with van der Waals surface area (Å²) in [6.45, 7) is 0. The van der Waals surface area contributed by atoms with Crippen LogP contribution in [-0.4, -0.2) is 17.4 Å². The summed E-state index contributed by atoms with van der Waals surface area (Å²) >= 11 is 0. The van der Waals surface area contributed by atoms with Crippen molar-refractivity contribution in [1.29, 1.82) is 0 Å². The van der Waals surface area contributed by atoms with Crippen LogP contribution in [0.15, 0.2) is 24.3 Å². The number of ketones is 1. The van der Waals surface area contributed by atoms with Gasteiger partial charge in [-0.25, -0.2) is 0 Å². The second kappa shape index (κ2) is 3.84. The number of hydrogen-bond acceptors (Lipinski definition) is 3. The lowest BCUT2D eigenvalue weighted by Gasteiger charge is -2.36. The zero-order valence-corrected chi connectivity index (χ0v) is 9.82. The van der Waals surface area contributed by atoms with E-state index in [0.717, 1.165) is 37.9 Å². The Labute approximate surface area is 101 Å². The lowest BCUT2D eigenvalue weighted by Crippen LogP contribution is -2.53. The average molecular weight is 231 g/mol. The third-order valence-corrected chi connectivity index (χ3v) is 3.62. The number of nitrogens with two attached hydrogens (primary N) is 1. The predicted octanol–water partition coefficient (Wildman–Crippen LogP) is 2.29. The van der Waals surface area contributed by atoms with Crippen LogP contribution in [0, 0.1) is 0 Å². The van der Waals surface area contributed by atoms with Crippen molar-refractivity contribution in [2.75, 3.05) is 0 Å². The molecule has 3 rings (SSSR count). The molecule has 2 aliphatic carbocycles. The Balaban J connectivity index is 1.79. The fraction of sp³-hybridized carbons (Fsp3) is 0.500. The quantitative estimate of drug-likeness (QED) is 0.809. The van der Waals surface area contributed by atoms with E-state index < -0.39 is 5.54 Å². The van der Waals surface area contributed by atoms with E-state index in [1.54, 1.807) is 0 Å². The fourth-order valence-corrected chi connectivity index (χ4v) is 2.16. The van der Waals surface area contributed by atoms with Gasteiger partial charge in [-0.2, -0.15) is 0 Å². The van der Waals surface area contributed by atoms with Gasteiger partial charge in [0.25, 0.3) is 0 Å². The average Bonchev–Trinajstić information content (AvgIpc) is 3.09. The Morgan fingerprint density at radius 3 is 2.71 bits per heavy atom. The van der Waals surface area contributed by atoms with Crippen molar-refractivity contribution < 1.29 is 9.53 Å². The number of Topliss-reactive ketones (excluding diaryl/α,β-unsaturated/α-hetero) is 1. The van der Waals surface area contributed by atoms with Crippen molar-refractivity contribution in [3.8, 4) is 5.75 Å². The monoisotopic (exact) mass is 231 g/mol. The second-order valence-electron chi connectivity index (χ2n) is 5.18. The van der Waals surface area contributed by atoms with Crippen LogP contribution in [0.4, 0.5) is 0 Å². The molecule has 2 saturated carbocycles. The maximum Gasteiger partial charge on any atom is 0.182 e. The normalized spacial score (nSPS) is 21.7. The Bertz CT molecular complexity index is 447. The minimum Gasteiger partial charge on any atom is -0.490 e. The molecule has 0 heterocycles. The first-order chi connectivity index (χ1) is 8.17. The largest absolute Gasteiger partial charge is 0.490 e. The van der Waals surface area contributed by atoms with Crippen LogP contribution < -0.4 is 10.5 Å². The SMILES string of the molecule is NC1(C(=O)c2cccc(OC3CC3)c2)CCC1. The number of ether oxygens (including phenoxy) is 1. The fourth-order valence-electron chi connectivity index (χ4n) is 2.16. The summed E-state index contributed by atoms with van der Waals surface area (Å²) in [4.78, 5) is 12.2. The molecule has 1 aromatic carbocycles. The van der Waals surface area contributed by atoms with Gasteiger partial charge in [-0.1, -0.05) is 12.1 Å². The van der Waals surface area contributed by atoms with Gasteiger partial charge in [0.2, 0.25) is 0 Å². The van der Waals surface area contributed by atoms with Gasteiger partial charge in [-0.3, -0.25) is 4.79 Å². The molecule has 3 heteroatoms. The highest BCUT2D eigenvalue weighted by Crippen LogP contribution is 2.33. The molecule has 3 nitrogen and oxygen atoms in total. The predicted molar refractivity (Wildman–Crippen MR) is 65.2 cm³/mol. The molecule has 90 valence electrons. The van der Waals surface area contributed by atoms with Crippen LogP contribution in [0.25, 0.3) is 0 Å². The first-order valence-corrected chi connectivity index (χ1v) is 6.28. The van der Waals surface area contributed by atoms with Gasteiger partial charge in [-0.15, -0.1) is 0 Å². The van der Waals surface area contributed by atoms with Gasteiger partial charge >= 0.3 is 0 Å². The smallest absolute Gasteiger partial charge is 0.182 e. The molecule has 0 aromatic heterocycles. The molecule has 0 aliphatic heterocycles. The Morgan fingerprint density at radius 2 is 2.12 bits per heavy atom. The van der Waals surface area contributed by atoms with Crippen molar-refractivity contribution >= 4 is 5.78 Å². The van der Waals surface area contributed by atoms with Gasteiger partial charge in [0.05, 0.1) is 11.6 Å². The van der Waals surface area contributed by atoms with Crippen LogP contribution in [0.1, 0.15) is 42.5 Å². The standard InChI is InChI=1S/C14H17NO2/c15-14(7-2-8-14)13(16)10-3-1-4-12(9-10)17-11-5-6-11/h1,3-4,9,11H,2,5-8,15H2. The van der Waals surface area contributed by atoms with E-state index in [0.29, 0.717) is 11.7 Å². The van der Waals surface area contributed by atoms with E-state index in [9.17, 15) is 4.79 Å². The third kappa shape index (κ3) is 2.07. The van der Waals surface area contributed by atoms with Crippen LogP contribution in [0.5, 0.6) is 5.75 Å². The number of benzene rings is 1. The Hall–Kier alpha value is -1.35. The maximum atomic E-state index is 12.2. The van der Waals surface area contributed by atoms with E-state index in [1.165, 1.54) is 0 Å². The first-order valence-electron chi connectivity index (χ1n) is 6.28. The zero-order chi connectivity index (χ0) is 11.9. The number of rotatable bonds is 4. The van der Waals surface area contributed by atoms with Gasteiger partial charge in [-0.05, 0) is 44.2 Å². The molecule has 0 saturated heterocycles. The summed E-state index contributed by atoms with van der Waals surface area (Å²) in [5.74, 6) is 0.853. The molecule has 0 unspecified atom stereocenters. The molecule has 0 amide bonds. The van der Waals surface area contributed by atoms with E-state index in [4.69, 9.17) is 10.5 Å². The maximum absolute atomic E-state index is 12.2. The Kier molecular flexibility index (Phi) is 2.44. The molecule has 0 spiro atoms. The van der Waals surface area contributed by atoms with Crippen molar-refractivity contribution in [3.05, 3.63) is 29.8 Å². The minimum atomic E-state index is -0.613. The summed E-state index contributed by atoms with van der Waals surface area (Å²) in [6, 6.07) is 7.43. The highest BCUT2D eigenvalue weighted by Gasteiger charge is 2.40. The lowest BCUT2D eigenvalue weighted by molar-refractivity contribution is 0.0800. The molecule has 2 N–H and O–H groups in total. The van der Waals surface area contributed by atoms with Crippen molar-refractivity contribution in [1.82, 2.24) is 0 Å². The summed E-state index contributed by atoms with van der Waals surface area (Å²) < 4.78 is 5.69. The molecular formula is C14H17NO2. The summed E-state index contributed by atoms with van der Waals surface area (Å²) in [6.07, 6.45) is 5.27. The van der Waals surface area contributed by atoms with E-state index in [-0.39, 0.29) is 5.78 Å².